The Labute approximate surface area is 203 Å². The molecule has 1 N–H and O–H groups in total. The fraction of sp³-hybridized carbons (Fsp3) is 0.360. The van der Waals surface area contributed by atoms with Gasteiger partial charge in [0.05, 0.1) is 25.7 Å². The number of hydrogen-bond acceptors (Lipinski definition) is 7. The summed E-state index contributed by atoms with van der Waals surface area (Å²) >= 11 is 1.32. The Kier molecular flexibility index (Phi) is 7.21. The van der Waals surface area contributed by atoms with Crippen molar-refractivity contribution in [1.82, 2.24) is 10.2 Å². The van der Waals surface area contributed by atoms with Crippen molar-refractivity contribution in [3.63, 3.8) is 0 Å². The number of ether oxygens (including phenoxy) is 2. The van der Waals surface area contributed by atoms with E-state index >= 15 is 0 Å². The second kappa shape index (κ2) is 10.3. The number of carbonyl (C=O) groups is 2. The molecule has 2 aromatic rings. The van der Waals surface area contributed by atoms with Crippen LogP contribution in [0.3, 0.4) is 0 Å². The number of nitrogens with zero attached hydrogens (tertiary/aromatic N) is 3. The Balaban J connectivity index is 1.39. The third-order valence-electron chi connectivity index (χ3n) is 5.69. The minimum absolute atomic E-state index is 0.0557. The Morgan fingerprint density at radius 1 is 1.12 bits per heavy atom. The fourth-order valence-corrected chi connectivity index (χ4v) is 4.90. The maximum atomic E-state index is 12.6. The van der Waals surface area contributed by atoms with E-state index < -0.39 is 6.04 Å². The molecule has 2 amide bonds. The van der Waals surface area contributed by atoms with Crippen molar-refractivity contribution < 1.29 is 19.1 Å². The molecule has 8 nitrogen and oxygen atoms in total. The molecular weight excluding hydrogens is 452 g/mol. The third-order valence-corrected chi connectivity index (χ3v) is 6.64. The van der Waals surface area contributed by atoms with E-state index in [1.165, 1.54) is 11.8 Å². The van der Waals surface area contributed by atoms with E-state index in [9.17, 15) is 9.59 Å². The van der Waals surface area contributed by atoms with Gasteiger partial charge in [-0.15, -0.1) is 0 Å². The molecule has 0 radical (unpaired) electrons. The first-order valence-electron chi connectivity index (χ1n) is 11.1. The number of rotatable bonds is 8. The molecule has 34 heavy (non-hydrogen) atoms. The molecule has 2 aromatic carbocycles. The molecule has 178 valence electrons. The van der Waals surface area contributed by atoms with E-state index in [0.29, 0.717) is 35.5 Å². The molecular formula is C25H28N4O4S. The van der Waals surface area contributed by atoms with Gasteiger partial charge in [0, 0.05) is 12.1 Å². The van der Waals surface area contributed by atoms with Gasteiger partial charge in [-0.2, -0.15) is 4.99 Å². The van der Waals surface area contributed by atoms with E-state index in [1.807, 2.05) is 61.2 Å². The van der Waals surface area contributed by atoms with Gasteiger partial charge in [0.15, 0.2) is 16.7 Å². The summed E-state index contributed by atoms with van der Waals surface area (Å²) in [6.07, 6.45) is 0.665. The first-order chi connectivity index (χ1) is 16.4. The number of amidine groups is 2. The lowest BCUT2D eigenvalue weighted by Gasteiger charge is -2.32. The van der Waals surface area contributed by atoms with Crippen LogP contribution in [-0.4, -0.2) is 60.3 Å². The third kappa shape index (κ3) is 4.79. The van der Waals surface area contributed by atoms with Gasteiger partial charge < -0.3 is 14.8 Å². The van der Waals surface area contributed by atoms with E-state index in [4.69, 9.17) is 14.5 Å². The highest BCUT2D eigenvalue weighted by Gasteiger charge is 2.43. The average molecular weight is 481 g/mol. The van der Waals surface area contributed by atoms with Crippen molar-refractivity contribution in [2.24, 2.45) is 15.9 Å². The lowest BCUT2D eigenvalue weighted by atomic mass is 10.0. The van der Waals surface area contributed by atoms with Crippen molar-refractivity contribution in [3.8, 4) is 11.5 Å². The Bertz CT molecular complexity index is 1160. The molecule has 0 saturated carbocycles. The molecule has 2 heterocycles. The highest BCUT2D eigenvalue weighted by Crippen LogP contribution is 2.35. The Hall–Kier alpha value is -3.33. The zero-order valence-electron chi connectivity index (χ0n) is 19.7. The number of carbonyl (C=O) groups excluding carboxylic acids is 2. The molecule has 0 spiro atoms. The second-order valence-electron chi connectivity index (χ2n) is 8.32. The maximum absolute atomic E-state index is 12.6. The molecule has 1 unspecified atom stereocenters. The van der Waals surface area contributed by atoms with Crippen LogP contribution >= 0.6 is 11.8 Å². The normalized spacial score (nSPS) is 16.6. The van der Waals surface area contributed by atoms with Crippen LogP contribution in [0, 0.1) is 5.92 Å². The van der Waals surface area contributed by atoms with E-state index in [-0.39, 0.29) is 23.5 Å². The lowest BCUT2D eigenvalue weighted by molar-refractivity contribution is -0.120. The molecule has 2 aliphatic heterocycles. The number of amides is 2. The van der Waals surface area contributed by atoms with Gasteiger partial charge in [0.1, 0.15) is 11.9 Å². The number of nitrogens with one attached hydrogen (secondary N) is 1. The molecule has 4 rings (SSSR count). The summed E-state index contributed by atoms with van der Waals surface area (Å²) in [5.41, 5.74) is 2.63. The van der Waals surface area contributed by atoms with Crippen LogP contribution in [0.5, 0.6) is 11.5 Å². The van der Waals surface area contributed by atoms with Gasteiger partial charge in [-0.3, -0.25) is 14.5 Å². The minimum atomic E-state index is -0.414. The molecule has 0 aliphatic carbocycles. The summed E-state index contributed by atoms with van der Waals surface area (Å²) < 4.78 is 10.6. The fourth-order valence-electron chi connectivity index (χ4n) is 4.03. The van der Waals surface area contributed by atoms with Gasteiger partial charge >= 0.3 is 0 Å². The van der Waals surface area contributed by atoms with E-state index in [0.717, 1.165) is 16.8 Å². The molecule has 2 aliphatic rings. The number of benzene rings is 2. The van der Waals surface area contributed by atoms with Crippen molar-refractivity contribution in [3.05, 3.63) is 53.6 Å². The van der Waals surface area contributed by atoms with Crippen molar-refractivity contribution in [1.29, 1.82) is 0 Å². The molecule has 0 bridgehead atoms. The standard InChI is InChI=1S/C25H28N4O4S/c1-15(2)22-24(31)28-23-17-7-5-6-8-18(17)27-25(29(22)23)34-14-21(30)26-12-11-16-9-10-19(32-3)20(13-16)33-4/h5-10,13,15,22H,11-12,14H2,1-4H3,(H,26,30). The van der Waals surface area contributed by atoms with Crippen LogP contribution < -0.4 is 14.8 Å². The minimum Gasteiger partial charge on any atom is -0.493 e. The summed E-state index contributed by atoms with van der Waals surface area (Å²) in [6.45, 7) is 4.48. The van der Waals surface area contributed by atoms with E-state index in [1.54, 1.807) is 14.2 Å². The van der Waals surface area contributed by atoms with E-state index in [2.05, 4.69) is 10.3 Å². The number of aliphatic imine (C=N–C) groups is 2. The number of hydrogen-bond donors (Lipinski definition) is 1. The summed E-state index contributed by atoms with van der Waals surface area (Å²) in [5, 5.41) is 3.58. The molecule has 0 fully saturated rings. The van der Waals surface area contributed by atoms with Gasteiger partial charge in [-0.05, 0) is 42.2 Å². The zero-order chi connectivity index (χ0) is 24.2. The molecule has 0 saturated heterocycles. The number of fused-ring (bicyclic) bond motifs is 3. The monoisotopic (exact) mass is 480 g/mol. The summed E-state index contributed by atoms with van der Waals surface area (Å²) in [5.74, 6) is 1.92. The van der Waals surface area contributed by atoms with Crippen LogP contribution in [0.25, 0.3) is 0 Å². The first kappa shape index (κ1) is 23.8. The average Bonchev–Trinajstić information content (AvgIpc) is 3.20. The van der Waals surface area contributed by atoms with Gasteiger partial charge in [-0.1, -0.05) is 43.8 Å². The van der Waals surface area contributed by atoms with Crippen LogP contribution in [0.4, 0.5) is 5.69 Å². The lowest BCUT2D eigenvalue weighted by Crippen LogP contribution is -2.46. The summed E-state index contributed by atoms with van der Waals surface area (Å²) in [7, 11) is 3.20. The number of para-hydroxylation sites is 1. The summed E-state index contributed by atoms with van der Waals surface area (Å²) in [6, 6.07) is 12.9. The highest BCUT2D eigenvalue weighted by molar-refractivity contribution is 8.14. The number of methoxy groups -OCH3 is 2. The maximum Gasteiger partial charge on any atom is 0.271 e. The van der Waals surface area contributed by atoms with Gasteiger partial charge in [-0.25, -0.2) is 4.99 Å². The van der Waals surface area contributed by atoms with Crippen molar-refractivity contribution in [2.45, 2.75) is 26.3 Å². The molecule has 1 atom stereocenters. The quantitative estimate of drug-likeness (QED) is 0.623. The van der Waals surface area contributed by atoms with Crippen LogP contribution in [0.2, 0.25) is 0 Å². The first-order valence-corrected chi connectivity index (χ1v) is 12.1. The van der Waals surface area contributed by atoms with Crippen molar-refractivity contribution >= 4 is 40.3 Å². The van der Waals surface area contributed by atoms with Crippen molar-refractivity contribution in [2.75, 3.05) is 26.5 Å². The topological polar surface area (TPSA) is 92.6 Å². The predicted molar refractivity (Wildman–Crippen MR) is 134 cm³/mol. The Morgan fingerprint density at radius 2 is 1.88 bits per heavy atom. The second-order valence-corrected chi connectivity index (χ2v) is 9.26. The van der Waals surface area contributed by atoms with Gasteiger partial charge in [0.2, 0.25) is 5.91 Å². The zero-order valence-corrected chi connectivity index (χ0v) is 20.5. The Morgan fingerprint density at radius 3 is 2.62 bits per heavy atom. The van der Waals surface area contributed by atoms with Crippen LogP contribution in [0.1, 0.15) is 25.0 Å². The van der Waals surface area contributed by atoms with Gasteiger partial charge in [0.25, 0.3) is 5.91 Å². The number of thioether (sulfide) groups is 1. The molecule has 9 heteroatoms. The van der Waals surface area contributed by atoms with Crippen LogP contribution in [-0.2, 0) is 16.0 Å². The smallest absolute Gasteiger partial charge is 0.271 e. The SMILES string of the molecule is COc1ccc(CCNC(=O)CSC2=Nc3ccccc3C3=NC(=O)C(C(C)C)N23)cc1OC. The summed E-state index contributed by atoms with van der Waals surface area (Å²) in [4.78, 5) is 36.2. The van der Waals surface area contributed by atoms with Crippen LogP contribution in [0.15, 0.2) is 52.4 Å². The highest BCUT2D eigenvalue weighted by atomic mass is 32.2. The largest absolute Gasteiger partial charge is 0.493 e. The predicted octanol–water partition coefficient (Wildman–Crippen LogP) is 3.41. The molecule has 0 aromatic heterocycles.